The second-order valence-electron chi connectivity index (χ2n) is 10.2. The van der Waals surface area contributed by atoms with Crippen LogP contribution in [-0.2, 0) is 25.3 Å². The summed E-state index contributed by atoms with van der Waals surface area (Å²) in [4.78, 5) is 52.1. The van der Waals surface area contributed by atoms with Gasteiger partial charge in [-0.3, -0.25) is 23.9 Å². The summed E-state index contributed by atoms with van der Waals surface area (Å²) >= 11 is 0. The molecule has 38 heavy (non-hydrogen) atoms. The van der Waals surface area contributed by atoms with E-state index < -0.39 is 83.4 Å². The number of nitrogens with one attached hydrogen (secondary N) is 2. The van der Waals surface area contributed by atoms with Crippen LogP contribution < -0.4 is 10.6 Å². The number of ether oxygens (including phenoxy) is 1. The van der Waals surface area contributed by atoms with E-state index >= 15 is 0 Å². The topological polar surface area (TPSA) is 131 Å². The molecule has 0 aromatic carbocycles. The van der Waals surface area contributed by atoms with Crippen molar-refractivity contribution in [3.05, 3.63) is 17.5 Å². The van der Waals surface area contributed by atoms with Crippen molar-refractivity contribution in [2.75, 3.05) is 19.7 Å². The molecule has 3 aliphatic rings. The average molecular weight is 554 g/mol. The van der Waals surface area contributed by atoms with Crippen molar-refractivity contribution < 1.29 is 54.8 Å². The summed E-state index contributed by atoms with van der Waals surface area (Å²) in [7, 11) is 0. The van der Waals surface area contributed by atoms with Gasteiger partial charge in [-0.2, -0.15) is 13.2 Å². The van der Waals surface area contributed by atoms with E-state index in [0.29, 0.717) is 6.07 Å². The molecule has 16 heteroatoms. The maximum atomic E-state index is 13.4. The maximum absolute atomic E-state index is 13.4. The van der Waals surface area contributed by atoms with Gasteiger partial charge < -0.3 is 20.1 Å². The first-order valence-corrected chi connectivity index (χ1v) is 11.7. The van der Waals surface area contributed by atoms with Crippen LogP contribution >= 0.6 is 0 Å². The number of nitrogens with zero attached hydrogens (tertiary/aromatic N) is 2. The summed E-state index contributed by atoms with van der Waals surface area (Å²) in [5.74, 6) is -6.35. The summed E-state index contributed by atoms with van der Waals surface area (Å²) in [5.41, 5.74) is -1.10. The summed E-state index contributed by atoms with van der Waals surface area (Å²) in [5, 5.41) is 8.07. The van der Waals surface area contributed by atoms with Crippen LogP contribution in [0.3, 0.4) is 0 Å². The number of carbonyl (C=O) groups is 4. The van der Waals surface area contributed by atoms with E-state index in [1.165, 1.54) is 0 Å². The minimum absolute atomic E-state index is 0.00360. The van der Waals surface area contributed by atoms with Crippen LogP contribution in [0.2, 0.25) is 0 Å². The Labute approximate surface area is 211 Å². The molecule has 2 aliphatic heterocycles. The average Bonchev–Trinajstić information content (AvgIpc) is 3.35. The fourth-order valence-electron chi connectivity index (χ4n) is 5.39. The number of alkyl halides is 6. The lowest BCUT2D eigenvalue weighted by molar-refractivity contribution is -0.321. The molecule has 0 unspecified atom stereocenters. The molecule has 1 aromatic heterocycles. The highest BCUT2D eigenvalue weighted by Crippen LogP contribution is 2.65. The number of likely N-dealkylation sites (tertiary alicyclic amines) is 1. The molecule has 10 nitrogen and oxygen atoms in total. The first kappa shape index (κ1) is 27.9. The predicted molar refractivity (Wildman–Crippen MR) is 112 cm³/mol. The number of fused-ring (bicyclic) bond motifs is 1. The molecule has 3 heterocycles. The molecule has 5 atom stereocenters. The molecule has 0 bridgehead atoms. The van der Waals surface area contributed by atoms with E-state index in [-0.39, 0.29) is 31.8 Å². The van der Waals surface area contributed by atoms with Gasteiger partial charge in [0.2, 0.25) is 17.6 Å². The molecule has 4 rings (SSSR count). The summed E-state index contributed by atoms with van der Waals surface area (Å²) in [6, 6.07) is -2.38. The smallest absolute Gasteiger partial charge is 0.356 e. The Morgan fingerprint density at radius 1 is 1.26 bits per heavy atom. The van der Waals surface area contributed by atoms with Gasteiger partial charge in [-0.25, -0.2) is 0 Å². The molecular formula is C22H24F6N4O6. The van der Waals surface area contributed by atoms with Gasteiger partial charge in [0.05, 0.1) is 6.04 Å². The lowest BCUT2D eigenvalue weighted by Crippen LogP contribution is -2.54. The number of piperidine rings is 1. The Hall–Kier alpha value is -3.17. The molecule has 0 spiro atoms. The lowest BCUT2D eigenvalue weighted by Gasteiger charge is -2.31. The number of hydrogen-bond acceptors (Lipinski definition) is 7. The molecule has 2 saturated heterocycles. The van der Waals surface area contributed by atoms with E-state index in [1.54, 1.807) is 0 Å². The van der Waals surface area contributed by atoms with Crippen molar-refractivity contribution in [2.24, 2.45) is 23.2 Å². The van der Waals surface area contributed by atoms with E-state index in [9.17, 15) is 45.5 Å². The standard InChI is InChI=1S/C22H24F6N4O6/c1-20(2)10-7-32(19(36)12-6-14(38-31-12)21(23,24)25)16(15(10)20)18(35)30-11(5-9-3-4-29-17(9)34)13(33)8-37-22(26,27)28/h6,9-11,15-16H,3-5,7-8H2,1-2H3,(H,29,34)(H,30,35)/t9-,10-,11-,15-,16-/m0/s1. The molecule has 210 valence electrons. The van der Waals surface area contributed by atoms with Crippen LogP contribution in [0.5, 0.6) is 0 Å². The van der Waals surface area contributed by atoms with Crippen LogP contribution in [0.15, 0.2) is 10.6 Å². The van der Waals surface area contributed by atoms with Gasteiger partial charge in [-0.1, -0.05) is 19.0 Å². The Kier molecular flexibility index (Phi) is 6.99. The molecule has 0 radical (unpaired) electrons. The lowest BCUT2D eigenvalue weighted by atomic mass is 9.94. The maximum Gasteiger partial charge on any atom is 0.522 e. The van der Waals surface area contributed by atoms with Gasteiger partial charge in [0.1, 0.15) is 12.6 Å². The largest absolute Gasteiger partial charge is 0.522 e. The van der Waals surface area contributed by atoms with E-state index in [4.69, 9.17) is 0 Å². The van der Waals surface area contributed by atoms with Crippen molar-refractivity contribution in [2.45, 2.75) is 51.3 Å². The fraction of sp³-hybridized carbons (Fsp3) is 0.682. The third-order valence-corrected chi connectivity index (χ3v) is 7.51. The van der Waals surface area contributed by atoms with Crippen molar-refractivity contribution in [1.29, 1.82) is 0 Å². The highest BCUT2D eigenvalue weighted by Gasteiger charge is 2.69. The Morgan fingerprint density at radius 2 is 1.95 bits per heavy atom. The SMILES string of the molecule is CC1(C)[C@@H]2[C@@H](C(=O)N[C@@H](C[C@@H]3CCNC3=O)C(=O)COC(F)(F)F)N(C(=O)c3cc(C(F)(F)F)on3)C[C@@H]21. The Morgan fingerprint density at radius 3 is 2.50 bits per heavy atom. The van der Waals surface area contributed by atoms with Crippen LogP contribution in [0.1, 0.15) is 42.9 Å². The number of ketones is 1. The second-order valence-corrected chi connectivity index (χ2v) is 10.2. The molecule has 1 saturated carbocycles. The zero-order chi connectivity index (χ0) is 28.2. The van der Waals surface area contributed by atoms with Crippen molar-refractivity contribution >= 4 is 23.5 Å². The molecule has 1 aromatic rings. The first-order valence-electron chi connectivity index (χ1n) is 11.7. The van der Waals surface area contributed by atoms with E-state index in [2.05, 4.69) is 25.1 Å². The third-order valence-electron chi connectivity index (χ3n) is 7.51. The van der Waals surface area contributed by atoms with Crippen molar-refractivity contribution in [3.8, 4) is 0 Å². The third kappa shape index (κ3) is 5.49. The zero-order valence-electron chi connectivity index (χ0n) is 20.1. The number of halogens is 6. The number of carbonyl (C=O) groups excluding carboxylic acids is 4. The molecule has 3 fully saturated rings. The number of aromatic nitrogens is 1. The van der Waals surface area contributed by atoms with Crippen molar-refractivity contribution in [1.82, 2.24) is 20.7 Å². The van der Waals surface area contributed by atoms with Gasteiger partial charge in [0, 0.05) is 25.1 Å². The predicted octanol–water partition coefficient (Wildman–Crippen LogP) is 1.91. The Balaban J connectivity index is 1.54. The summed E-state index contributed by atoms with van der Waals surface area (Å²) < 4.78 is 84.1. The molecule has 3 amide bonds. The van der Waals surface area contributed by atoms with Gasteiger partial charge in [-0.05, 0) is 30.1 Å². The highest BCUT2D eigenvalue weighted by atomic mass is 19.4. The van der Waals surface area contributed by atoms with Gasteiger partial charge in [-0.15, -0.1) is 13.2 Å². The number of rotatable bonds is 8. The summed E-state index contributed by atoms with van der Waals surface area (Å²) in [6.45, 7) is 2.53. The molecule has 1 aliphatic carbocycles. The van der Waals surface area contributed by atoms with Gasteiger partial charge in [0.25, 0.3) is 5.91 Å². The van der Waals surface area contributed by atoms with Gasteiger partial charge >= 0.3 is 12.5 Å². The van der Waals surface area contributed by atoms with E-state index in [0.717, 1.165) is 4.90 Å². The number of hydrogen-bond donors (Lipinski definition) is 2. The number of amides is 3. The van der Waals surface area contributed by atoms with Crippen LogP contribution in [0.4, 0.5) is 26.3 Å². The highest BCUT2D eigenvalue weighted by molar-refractivity contribution is 5.99. The summed E-state index contributed by atoms with van der Waals surface area (Å²) in [6.07, 6.45) is -10.0. The van der Waals surface area contributed by atoms with Crippen LogP contribution in [0.25, 0.3) is 0 Å². The second kappa shape index (κ2) is 9.54. The van der Waals surface area contributed by atoms with Crippen LogP contribution in [-0.4, -0.2) is 71.7 Å². The zero-order valence-corrected chi connectivity index (χ0v) is 20.1. The number of Topliss-reactive ketones (excluding diaryl/α,β-unsaturated/α-hetero) is 1. The Bertz CT molecular complexity index is 1130. The van der Waals surface area contributed by atoms with Crippen LogP contribution in [0, 0.1) is 23.2 Å². The molecular weight excluding hydrogens is 530 g/mol. The van der Waals surface area contributed by atoms with E-state index in [1.807, 2.05) is 13.8 Å². The first-order chi connectivity index (χ1) is 17.5. The minimum Gasteiger partial charge on any atom is -0.356 e. The molecule has 2 N–H and O–H groups in total. The minimum atomic E-state index is -5.11. The normalized spacial score (nSPS) is 27.1. The monoisotopic (exact) mass is 554 g/mol. The quantitative estimate of drug-likeness (QED) is 0.470. The fourth-order valence-corrected chi connectivity index (χ4v) is 5.39. The van der Waals surface area contributed by atoms with Gasteiger partial charge in [0.15, 0.2) is 11.5 Å². The van der Waals surface area contributed by atoms with Crippen molar-refractivity contribution in [3.63, 3.8) is 0 Å².